The van der Waals surface area contributed by atoms with Crippen molar-refractivity contribution in [1.82, 2.24) is 4.90 Å². The summed E-state index contributed by atoms with van der Waals surface area (Å²) in [6.07, 6.45) is 0. The van der Waals surface area contributed by atoms with E-state index in [1.165, 1.54) is 0 Å². The van der Waals surface area contributed by atoms with Crippen LogP contribution in [0.25, 0.3) is 0 Å². The van der Waals surface area contributed by atoms with Gasteiger partial charge >= 0.3 is 0 Å². The summed E-state index contributed by atoms with van der Waals surface area (Å²) in [4.78, 5) is 14.7. The van der Waals surface area contributed by atoms with Crippen molar-refractivity contribution in [3.05, 3.63) is 84.4 Å². The van der Waals surface area contributed by atoms with Crippen LogP contribution in [-0.2, 0) is 4.79 Å². The maximum absolute atomic E-state index is 12.8. The van der Waals surface area contributed by atoms with Crippen molar-refractivity contribution in [1.29, 1.82) is 0 Å². The number of carbonyl (C=O) groups is 1. The number of anilines is 1. The van der Waals surface area contributed by atoms with Gasteiger partial charge in [-0.2, -0.15) is 0 Å². The van der Waals surface area contributed by atoms with Crippen molar-refractivity contribution in [3.8, 4) is 17.2 Å². The molecule has 0 saturated carbocycles. The topological polar surface area (TPSA) is 50.8 Å². The van der Waals surface area contributed by atoms with Gasteiger partial charge in [-0.15, -0.1) is 0 Å². The Labute approximate surface area is 165 Å². The number of benzene rings is 3. The van der Waals surface area contributed by atoms with Gasteiger partial charge in [0.2, 0.25) is 5.91 Å². The molecule has 1 atom stereocenters. The molecule has 0 bridgehead atoms. The van der Waals surface area contributed by atoms with Gasteiger partial charge in [0.25, 0.3) is 0 Å². The molecule has 0 radical (unpaired) electrons. The van der Waals surface area contributed by atoms with Crippen molar-refractivity contribution in [2.45, 2.75) is 6.04 Å². The molecular weight excluding hydrogens is 352 g/mol. The fraction of sp³-hybridized carbons (Fsp3) is 0.174. The van der Waals surface area contributed by atoms with Gasteiger partial charge < -0.3 is 14.8 Å². The quantitative estimate of drug-likeness (QED) is 0.648. The molecule has 5 heteroatoms. The normalized spacial score (nSPS) is 11.7. The average molecular weight is 376 g/mol. The molecule has 5 nitrogen and oxygen atoms in total. The van der Waals surface area contributed by atoms with Gasteiger partial charge in [-0.3, -0.25) is 9.69 Å². The van der Waals surface area contributed by atoms with E-state index in [0.717, 1.165) is 11.3 Å². The number of amides is 1. The summed E-state index contributed by atoms with van der Waals surface area (Å²) in [5.74, 6) is 2.01. The minimum Gasteiger partial charge on any atom is -0.497 e. The molecule has 144 valence electrons. The number of likely N-dealkylation sites (N-methyl/N-ethyl adjacent to an activating group) is 1. The lowest BCUT2D eigenvalue weighted by Gasteiger charge is -2.23. The molecule has 1 N–H and O–H groups in total. The molecular formula is C23H24N2O3. The van der Waals surface area contributed by atoms with E-state index in [-0.39, 0.29) is 11.9 Å². The lowest BCUT2D eigenvalue weighted by Crippen LogP contribution is -2.32. The second-order valence-corrected chi connectivity index (χ2v) is 6.57. The summed E-state index contributed by atoms with van der Waals surface area (Å²) in [5, 5.41) is 2.98. The van der Waals surface area contributed by atoms with Crippen LogP contribution in [0, 0.1) is 0 Å². The van der Waals surface area contributed by atoms with Crippen LogP contribution in [0.3, 0.4) is 0 Å². The zero-order valence-electron chi connectivity index (χ0n) is 16.3. The monoisotopic (exact) mass is 376 g/mol. The molecule has 1 unspecified atom stereocenters. The van der Waals surface area contributed by atoms with Gasteiger partial charge in [-0.05, 0) is 56.1 Å². The maximum atomic E-state index is 12.8. The third-order valence-electron chi connectivity index (χ3n) is 4.28. The second-order valence-electron chi connectivity index (χ2n) is 6.57. The van der Waals surface area contributed by atoms with Crippen LogP contribution in [0.4, 0.5) is 5.69 Å². The van der Waals surface area contributed by atoms with E-state index >= 15 is 0 Å². The predicted molar refractivity (Wildman–Crippen MR) is 111 cm³/mol. The summed E-state index contributed by atoms with van der Waals surface area (Å²) in [6, 6.07) is 24.0. The molecule has 0 spiro atoms. The molecule has 3 aromatic rings. The van der Waals surface area contributed by atoms with Gasteiger partial charge in [0.15, 0.2) is 0 Å². The van der Waals surface area contributed by atoms with E-state index in [1.54, 1.807) is 7.11 Å². The van der Waals surface area contributed by atoms with Crippen molar-refractivity contribution in [2.75, 3.05) is 26.5 Å². The number of carbonyl (C=O) groups excluding carboxylic acids is 1. The van der Waals surface area contributed by atoms with Gasteiger partial charge in [0.05, 0.1) is 7.11 Å². The zero-order valence-corrected chi connectivity index (χ0v) is 16.3. The number of nitrogens with zero attached hydrogens (tertiary/aromatic N) is 1. The van der Waals surface area contributed by atoms with Gasteiger partial charge in [0.1, 0.15) is 23.3 Å². The highest BCUT2D eigenvalue weighted by Gasteiger charge is 2.22. The molecule has 0 aliphatic rings. The van der Waals surface area contributed by atoms with Crippen LogP contribution < -0.4 is 14.8 Å². The van der Waals surface area contributed by atoms with E-state index in [1.807, 2.05) is 97.9 Å². The predicted octanol–water partition coefficient (Wildman–Crippen LogP) is 4.73. The van der Waals surface area contributed by atoms with E-state index in [4.69, 9.17) is 9.47 Å². The first-order chi connectivity index (χ1) is 13.6. The summed E-state index contributed by atoms with van der Waals surface area (Å²) in [7, 11) is 5.40. The summed E-state index contributed by atoms with van der Waals surface area (Å²) >= 11 is 0. The standard InChI is InChI=1S/C23H24N2O3/c1-25(2)22(17-8-5-4-6-9-17)23(26)24-18-12-14-19(15-13-18)28-21-11-7-10-20(16-21)27-3/h4-16,22H,1-3H3,(H,24,26). The van der Waals surface area contributed by atoms with Crippen molar-refractivity contribution in [3.63, 3.8) is 0 Å². The zero-order chi connectivity index (χ0) is 19.9. The molecule has 0 saturated heterocycles. The molecule has 0 fully saturated rings. The number of methoxy groups -OCH3 is 1. The smallest absolute Gasteiger partial charge is 0.246 e. The van der Waals surface area contributed by atoms with Crippen LogP contribution in [0.5, 0.6) is 17.2 Å². The second kappa shape index (κ2) is 9.06. The van der Waals surface area contributed by atoms with Crippen LogP contribution >= 0.6 is 0 Å². The van der Waals surface area contributed by atoms with Crippen LogP contribution in [0.15, 0.2) is 78.9 Å². The highest BCUT2D eigenvalue weighted by Crippen LogP contribution is 2.27. The van der Waals surface area contributed by atoms with E-state index < -0.39 is 0 Å². The Hall–Kier alpha value is -3.31. The Kier molecular flexibility index (Phi) is 6.29. The molecule has 3 rings (SSSR count). The van der Waals surface area contributed by atoms with Gasteiger partial charge in [-0.1, -0.05) is 36.4 Å². The first kappa shape index (κ1) is 19.5. The molecule has 3 aromatic carbocycles. The molecule has 0 aliphatic carbocycles. The maximum Gasteiger partial charge on any atom is 0.246 e. The highest BCUT2D eigenvalue weighted by molar-refractivity contribution is 5.95. The summed E-state index contributed by atoms with van der Waals surface area (Å²) in [6.45, 7) is 0. The minimum absolute atomic E-state index is 0.0855. The summed E-state index contributed by atoms with van der Waals surface area (Å²) in [5.41, 5.74) is 1.66. The number of ether oxygens (including phenoxy) is 2. The van der Waals surface area contributed by atoms with E-state index in [0.29, 0.717) is 17.2 Å². The fourth-order valence-corrected chi connectivity index (χ4v) is 2.94. The minimum atomic E-state index is -0.367. The highest BCUT2D eigenvalue weighted by atomic mass is 16.5. The summed E-state index contributed by atoms with van der Waals surface area (Å²) < 4.78 is 11.0. The molecule has 0 heterocycles. The third-order valence-corrected chi connectivity index (χ3v) is 4.28. The largest absolute Gasteiger partial charge is 0.497 e. The number of hydrogen-bond acceptors (Lipinski definition) is 4. The molecule has 0 aliphatic heterocycles. The van der Waals surface area contributed by atoms with Crippen LogP contribution in [0.1, 0.15) is 11.6 Å². The number of rotatable bonds is 7. The average Bonchev–Trinajstić information content (AvgIpc) is 2.70. The van der Waals surface area contributed by atoms with Gasteiger partial charge in [0, 0.05) is 11.8 Å². The Morgan fingerprint density at radius 2 is 1.54 bits per heavy atom. The molecule has 28 heavy (non-hydrogen) atoms. The van der Waals surface area contributed by atoms with Crippen LogP contribution in [-0.4, -0.2) is 32.0 Å². The van der Waals surface area contributed by atoms with E-state index in [9.17, 15) is 4.79 Å². The third kappa shape index (κ3) is 4.90. The fourth-order valence-electron chi connectivity index (χ4n) is 2.94. The SMILES string of the molecule is COc1cccc(Oc2ccc(NC(=O)C(c3ccccc3)N(C)C)cc2)c1. The van der Waals surface area contributed by atoms with Crippen molar-refractivity contribution >= 4 is 11.6 Å². The van der Waals surface area contributed by atoms with Gasteiger partial charge in [-0.25, -0.2) is 0 Å². The number of hydrogen-bond donors (Lipinski definition) is 1. The van der Waals surface area contributed by atoms with Crippen molar-refractivity contribution < 1.29 is 14.3 Å². The Bertz CT molecular complexity index is 909. The molecule has 0 aromatic heterocycles. The first-order valence-electron chi connectivity index (χ1n) is 9.01. The van der Waals surface area contributed by atoms with Crippen LogP contribution in [0.2, 0.25) is 0 Å². The Morgan fingerprint density at radius 3 is 2.18 bits per heavy atom. The number of nitrogens with one attached hydrogen (secondary N) is 1. The van der Waals surface area contributed by atoms with E-state index in [2.05, 4.69) is 5.32 Å². The van der Waals surface area contributed by atoms with Crippen molar-refractivity contribution in [2.24, 2.45) is 0 Å². The molecule has 1 amide bonds. The lowest BCUT2D eigenvalue weighted by molar-refractivity contribution is -0.120. The lowest BCUT2D eigenvalue weighted by atomic mass is 10.1. The Balaban J connectivity index is 1.68. The Morgan fingerprint density at radius 1 is 0.857 bits per heavy atom. The first-order valence-corrected chi connectivity index (χ1v) is 9.01.